The van der Waals surface area contributed by atoms with Gasteiger partial charge in [0, 0.05) is 24.8 Å². The number of aromatic amines is 1. The van der Waals surface area contributed by atoms with Crippen molar-refractivity contribution in [2.24, 2.45) is 0 Å². The Balaban J connectivity index is 2.14. The summed E-state index contributed by atoms with van der Waals surface area (Å²) in [6, 6.07) is 2.83. The molecule has 3 heteroatoms. The van der Waals surface area contributed by atoms with Crippen LogP contribution in [0.3, 0.4) is 0 Å². The Hall–Kier alpha value is -0.990. The zero-order chi connectivity index (χ0) is 7.84. The van der Waals surface area contributed by atoms with Gasteiger partial charge in [0.15, 0.2) is 5.82 Å². The Morgan fingerprint density at radius 1 is 1.64 bits per heavy atom. The number of nitrogens with zero attached hydrogens (tertiary/aromatic N) is 2. The summed E-state index contributed by atoms with van der Waals surface area (Å²) in [6.45, 7) is 2.03. The van der Waals surface area contributed by atoms with E-state index in [1.54, 1.807) is 0 Å². The number of anilines is 1. The highest BCUT2D eigenvalue weighted by Gasteiger charge is 2.27. The number of aryl methyl sites for hydroxylation is 1. The summed E-state index contributed by atoms with van der Waals surface area (Å²) in [6.07, 6.45) is 2.64. The van der Waals surface area contributed by atoms with Crippen LogP contribution in [0, 0.1) is 6.92 Å². The molecule has 1 fully saturated rings. The monoisotopic (exact) mass is 151 g/mol. The Bertz CT molecular complexity index is 250. The molecule has 1 heterocycles. The lowest BCUT2D eigenvalue weighted by Crippen LogP contribution is -2.19. The third-order valence-corrected chi connectivity index (χ3v) is 2.15. The van der Waals surface area contributed by atoms with E-state index in [1.807, 2.05) is 6.92 Å². The molecule has 0 atom stereocenters. The van der Waals surface area contributed by atoms with E-state index in [0.29, 0.717) is 0 Å². The molecule has 1 saturated carbocycles. The molecule has 0 amide bonds. The molecule has 2 rings (SSSR count). The first-order valence-electron chi connectivity index (χ1n) is 4.02. The molecule has 0 unspecified atom stereocenters. The zero-order valence-corrected chi connectivity index (χ0v) is 6.96. The van der Waals surface area contributed by atoms with Crippen molar-refractivity contribution in [3.63, 3.8) is 0 Å². The van der Waals surface area contributed by atoms with Crippen LogP contribution in [0.15, 0.2) is 6.07 Å². The summed E-state index contributed by atoms with van der Waals surface area (Å²) in [5, 5.41) is 7.12. The van der Waals surface area contributed by atoms with Gasteiger partial charge in [-0.2, -0.15) is 5.10 Å². The van der Waals surface area contributed by atoms with E-state index in [2.05, 4.69) is 28.2 Å². The van der Waals surface area contributed by atoms with Crippen molar-refractivity contribution in [2.75, 3.05) is 11.9 Å². The summed E-state index contributed by atoms with van der Waals surface area (Å²) < 4.78 is 0. The third kappa shape index (κ3) is 1.23. The van der Waals surface area contributed by atoms with Crippen LogP contribution < -0.4 is 4.90 Å². The molecule has 0 spiro atoms. The molecule has 0 radical (unpaired) electrons. The van der Waals surface area contributed by atoms with Crippen LogP contribution in [-0.4, -0.2) is 23.3 Å². The number of hydrogen-bond donors (Lipinski definition) is 1. The first-order valence-corrected chi connectivity index (χ1v) is 4.02. The molecule has 0 saturated heterocycles. The van der Waals surface area contributed by atoms with Crippen molar-refractivity contribution in [2.45, 2.75) is 25.8 Å². The number of nitrogens with one attached hydrogen (secondary N) is 1. The summed E-state index contributed by atoms with van der Waals surface area (Å²) in [5.74, 6) is 1.07. The van der Waals surface area contributed by atoms with Gasteiger partial charge in [-0.3, -0.25) is 5.10 Å². The SMILES string of the molecule is Cc1cc(N(C)C2CC2)n[nH]1. The lowest BCUT2D eigenvalue weighted by Gasteiger charge is -2.13. The quantitative estimate of drug-likeness (QED) is 0.691. The predicted octanol–water partition coefficient (Wildman–Crippen LogP) is 1.32. The third-order valence-electron chi connectivity index (χ3n) is 2.15. The standard InChI is InChI=1S/C8H13N3/c1-6-5-8(10-9-6)11(2)7-3-4-7/h5,7H,3-4H2,1-2H3,(H,9,10). The van der Waals surface area contributed by atoms with E-state index in [4.69, 9.17) is 0 Å². The van der Waals surface area contributed by atoms with Crippen LogP contribution in [0.1, 0.15) is 18.5 Å². The van der Waals surface area contributed by atoms with Crippen molar-refractivity contribution in [1.29, 1.82) is 0 Å². The first kappa shape index (κ1) is 6.70. The van der Waals surface area contributed by atoms with Crippen LogP contribution in [0.2, 0.25) is 0 Å². The molecule has 1 aliphatic rings. The molecule has 0 bridgehead atoms. The van der Waals surface area contributed by atoms with Gasteiger partial charge in [0.05, 0.1) is 0 Å². The highest BCUT2D eigenvalue weighted by atomic mass is 15.3. The van der Waals surface area contributed by atoms with E-state index in [9.17, 15) is 0 Å². The molecule has 0 aliphatic heterocycles. The maximum atomic E-state index is 4.18. The minimum absolute atomic E-state index is 0.748. The minimum Gasteiger partial charge on any atom is -0.355 e. The lowest BCUT2D eigenvalue weighted by atomic mass is 10.4. The maximum absolute atomic E-state index is 4.18. The smallest absolute Gasteiger partial charge is 0.150 e. The zero-order valence-electron chi connectivity index (χ0n) is 6.96. The van der Waals surface area contributed by atoms with Gasteiger partial charge < -0.3 is 4.90 Å². The Morgan fingerprint density at radius 2 is 2.36 bits per heavy atom. The molecule has 1 aromatic rings. The topological polar surface area (TPSA) is 31.9 Å². The van der Waals surface area contributed by atoms with Gasteiger partial charge in [-0.1, -0.05) is 0 Å². The van der Waals surface area contributed by atoms with Crippen LogP contribution in [0.25, 0.3) is 0 Å². The fourth-order valence-corrected chi connectivity index (χ4v) is 1.23. The maximum Gasteiger partial charge on any atom is 0.150 e. The average molecular weight is 151 g/mol. The van der Waals surface area contributed by atoms with Gasteiger partial charge in [0.25, 0.3) is 0 Å². The van der Waals surface area contributed by atoms with Crippen molar-refractivity contribution in [1.82, 2.24) is 10.2 Å². The van der Waals surface area contributed by atoms with E-state index >= 15 is 0 Å². The Labute approximate surface area is 66.4 Å². The molecule has 0 aromatic carbocycles. The fraction of sp³-hybridized carbons (Fsp3) is 0.625. The molecule has 11 heavy (non-hydrogen) atoms. The fourth-order valence-electron chi connectivity index (χ4n) is 1.23. The van der Waals surface area contributed by atoms with Gasteiger partial charge in [-0.25, -0.2) is 0 Å². The van der Waals surface area contributed by atoms with Gasteiger partial charge >= 0.3 is 0 Å². The van der Waals surface area contributed by atoms with Gasteiger partial charge in [-0.15, -0.1) is 0 Å². The van der Waals surface area contributed by atoms with Crippen LogP contribution >= 0.6 is 0 Å². The van der Waals surface area contributed by atoms with Crippen LogP contribution in [0.4, 0.5) is 5.82 Å². The molecular formula is C8H13N3. The summed E-state index contributed by atoms with van der Waals surface area (Å²) in [7, 11) is 2.10. The van der Waals surface area contributed by atoms with Crippen LogP contribution in [0.5, 0.6) is 0 Å². The summed E-state index contributed by atoms with van der Waals surface area (Å²) in [5.41, 5.74) is 1.13. The first-order chi connectivity index (χ1) is 5.27. The highest BCUT2D eigenvalue weighted by molar-refractivity contribution is 5.40. The van der Waals surface area contributed by atoms with Crippen molar-refractivity contribution >= 4 is 5.82 Å². The average Bonchev–Trinajstić information content (AvgIpc) is 2.74. The molecule has 60 valence electrons. The molecular weight excluding hydrogens is 138 g/mol. The molecule has 1 aliphatic carbocycles. The number of H-pyrrole nitrogens is 1. The molecule has 1 aromatic heterocycles. The predicted molar refractivity (Wildman–Crippen MR) is 44.7 cm³/mol. The number of aromatic nitrogens is 2. The van der Waals surface area contributed by atoms with Gasteiger partial charge in [0.1, 0.15) is 0 Å². The second kappa shape index (κ2) is 2.26. The van der Waals surface area contributed by atoms with Gasteiger partial charge in [0.2, 0.25) is 0 Å². The van der Waals surface area contributed by atoms with Crippen LogP contribution in [-0.2, 0) is 0 Å². The van der Waals surface area contributed by atoms with E-state index < -0.39 is 0 Å². The minimum atomic E-state index is 0.748. The number of rotatable bonds is 2. The Morgan fingerprint density at radius 3 is 2.82 bits per heavy atom. The highest BCUT2D eigenvalue weighted by Crippen LogP contribution is 2.28. The summed E-state index contributed by atoms with van der Waals surface area (Å²) >= 11 is 0. The lowest BCUT2D eigenvalue weighted by molar-refractivity contribution is 0.880. The largest absolute Gasteiger partial charge is 0.355 e. The summed E-state index contributed by atoms with van der Waals surface area (Å²) in [4.78, 5) is 2.24. The van der Waals surface area contributed by atoms with Crippen molar-refractivity contribution < 1.29 is 0 Å². The molecule has 3 nitrogen and oxygen atoms in total. The molecule has 1 N–H and O–H groups in total. The normalized spacial score (nSPS) is 16.9. The number of hydrogen-bond acceptors (Lipinski definition) is 2. The van der Waals surface area contributed by atoms with E-state index in [-0.39, 0.29) is 0 Å². The van der Waals surface area contributed by atoms with E-state index in [0.717, 1.165) is 17.6 Å². The van der Waals surface area contributed by atoms with Crippen molar-refractivity contribution in [3.8, 4) is 0 Å². The Kier molecular flexibility index (Phi) is 1.37. The van der Waals surface area contributed by atoms with Crippen molar-refractivity contribution in [3.05, 3.63) is 11.8 Å². The van der Waals surface area contributed by atoms with Gasteiger partial charge in [-0.05, 0) is 19.8 Å². The van der Waals surface area contributed by atoms with E-state index in [1.165, 1.54) is 12.8 Å². The second-order valence-corrected chi connectivity index (χ2v) is 3.25. The second-order valence-electron chi connectivity index (χ2n) is 3.25.